The number of nitrogens with one attached hydrogen (secondary N) is 2. The molecule has 1 aromatic rings. The van der Waals surface area contributed by atoms with Crippen molar-refractivity contribution in [3.05, 3.63) is 34.3 Å². The van der Waals surface area contributed by atoms with Crippen LogP contribution in [0.2, 0.25) is 5.02 Å². The van der Waals surface area contributed by atoms with E-state index in [4.69, 9.17) is 16.3 Å². The maximum Gasteiger partial charge on any atom is 0.208 e. The van der Waals surface area contributed by atoms with Gasteiger partial charge >= 0.3 is 0 Å². The van der Waals surface area contributed by atoms with Crippen molar-refractivity contribution < 1.29 is 13.2 Å². The van der Waals surface area contributed by atoms with Crippen LogP contribution in [0.3, 0.4) is 0 Å². The second-order valence-electron chi connectivity index (χ2n) is 5.38. The Kier molecular flexibility index (Phi) is 7.58. The third-order valence-electron chi connectivity index (χ3n) is 3.53. The molecule has 0 amide bonds. The number of rotatable bonds is 4. The summed E-state index contributed by atoms with van der Waals surface area (Å²) in [6.45, 7) is 4.36. The van der Waals surface area contributed by atoms with Gasteiger partial charge in [0.25, 0.3) is 0 Å². The fraction of sp³-hybridized carbons (Fsp3) is 0.571. The summed E-state index contributed by atoms with van der Waals surface area (Å²) in [4.78, 5) is 0. The van der Waals surface area contributed by atoms with Gasteiger partial charge in [-0.25, -0.2) is 13.1 Å². The first-order valence-corrected chi connectivity index (χ1v) is 9.17. The summed E-state index contributed by atoms with van der Waals surface area (Å²) in [6.07, 6.45) is 1.02. The second kappa shape index (κ2) is 8.47. The lowest BCUT2D eigenvalue weighted by Gasteiger charge is -2.25. The Balaban J connectivity index is 0.00000242. The molecule has 1 aliphatic heterocycles. The summed E-state index contributed by atoms with van der Waals surface area (Å²) in [6, 6.07) is 5.81. The van der Waals surface area contributed by atoms with Gasteiger partial charge in [0.1, 0.15) is 0 Å². The van der Waals surface area contributed by atoms with Crippen molar-refractivity contribution >= 4 is 34.0 Å². The molecule has 2 unspecified atom stereocenters. The van der Waals surface area contributed by atoms with E-state index in [2.05, 4.69) is 10.0 Å². The largest absolute Gasteiger partial charge is 0.372 e. The van der Waals surface area contributed by atoms with E-state index in [1.807, 2.05) is 25.1 Å². The van der Waals surface area contributed by atoms with Gasteiger partial charge in [0.2, 0.25) is 10.0 Å². The molecular weight excluding hydrogens is 347 g/mol. The monoisotopic (exact) mass is 368 g/mol. The summed E-state index contributed by atoms with van der Waals surface area (Å²) in [7, 11) is -3.21. The van der Waals surface area contributed by atoms with Crippen molar-refractivity contribution in [3.63, 3.8) is 0 Å². The Bertz CT molecular complexity index is 596. The van der Waals surface area contributed by atoms with E-state index in [0.717, 1.165) is 22.7 Å². The third kappa shape index (κ3) is 5.68. The predicted octanol–water partition coefficient (Wildman–Crippen LogP) is 1.90. The minimum absolute atomic E-state index is 0. The molecule has 1 heterocycles. The average Bonchev–Trinajstić information content (AvgIpc) is 2.64. The molecule has 0 saturated carbocycles. The Morgan fingerprint density at radius 3 is 2.82 bits per heavy atom. The van der Waals surface area contributed by atoms with Crippen LogP contribution in [0, 0.1) is 12.8 Å². The Morgan fingerprint density at radius 1 is 1.45 bits per heavy atom. The van der Waals surface area contributed by atoms with Crippen molar-refractivity contribution in [1.82, 2.24) is 10.0 Å². The summed E-state index contributed by atoms with van der Waals surface area (Å²) in [5, 5.41) is 3.99. The number of hydrogen-bond acceptors (Lipinski definition) is 4. The summed E-state index contributed by atoms with van der Waals surface area (Å²) < 4.78 is 31.1. The van der Waals surface area contributed by atoms with Crippen LogP contribution in [-0.4, -0.2) is 40.9 Å². The molecule has 1 aliphatic rings. The van der Waals surface area contributed by atoms with Crippen molar-refractivity contribution in [2.24, 2.45) is 5.92 Å². The van der Waals surface area contributed by atoms with Gasteiger partial charge in [-0.2, -0.15) is 0 Å². The number of hydrogen-bond donors (Lipinski definition) is 2. The highest BCUT2D eigenvalue weighted by Gasteiger charge is 2.27. The van der Waals surface area contributed by atoms with Gasteiger partial charge in [-0.1, -0.05) is 23.7 Å². The van der Waals surface area contributed by atoms with Gasteiger partial charge < -0.3 is 10.1 Å². The third-order valence-corrected chi connectivity index (χ3v) is 4.64. The zero-order valence-corrected chi connectivity index (χ0v) is 15.0. The highest BCUT2D eigenvalue weighted by Crippen LogP contribution is 2.29. The Labute approximate surface area is 143 Å². The van der Waals surface area contributed by atoms with Crippen LogP contribution >= 0.6 is 24.0 Å². The molecule has 8 heteroatoms. The highest BCUT2D eigenvalue weighted by molar-refractivity contribution is 7.88. The first-order chi connectivity index (χ1) is 9.87. The van der Waals surface area contributed by atoms with Crippen LogP contribution < -0.4 is 10.0 Å². The van der Waals surface area contributed by atoms with Crippen LogP contribution in [0.5, 0.6) is 0 Å². The fourth-order valence-electron chi connectivity index (χ4n) is 2.44. The predicted molar refractivity (Wildman–Crippen MR) is 91.3 cm³/mol. The van der Waals surface area contributed by atoms with E-state index in [0.29, 0.717) is 19.7 Å². The van der Waals surface area contributed by atoms with Crippen molar-refractivity contribution in [2.45, 2.75) is 13.0 Å². The van der Waals surface area contributed by atoms with E-state index >= 15 is 0 Å². The van der Waals surface area contributed by atoms with Gasteiger partial charge in [-0.15, -0.1) is 12.4 Å². The molecule has 2 atom stereocenters. The van der Waals surface area contributed by atoms with Crippen LogP contribution in [0.4, 0.5) is 0 Å². The maximum atomic E-state index is 11.3. The van der Waals surface area contributed by atoms with E-state index < -0.39 is 10.0 Å². The number of ether oxygens (including phenoxy) is 1. The molecule has 1 aromatic carbocycles. The van der Waals surface area contributed by atoms with Gasteiger partial charge in [0.15, 0.2) is 0 Å². The summed E-state index contributed by atoms with van der Waals surface area (Å²) in [5.74, 6) is 0.0304. The van der Waals surface area contributed by atoms with Crippen LogP contribution in [0.1, 0.15) is 17.2 Å². The molecule has 22 heavy (non-hydrogen) atoms. The molecule has 0 radical (unpaired) electrons. The molecule has 1 saturated heterocycles. The lowest BCUT2D eigenvalue weighted by Crippen LogP contribution is -2.36. The van der Waals surface area contributed by atoms with Crippen molar-refractivity contribution in [3.8, 4) is 0 Å². The number of benzene rings is 1. The van der Waals surface area contributed by atoms with Gasteiger partial charge in [-0.3, -0.25) is 0 Å². The average molecular weight is 369 g/mol. The molecule has 0 spiro atoms. The quantitative estimate of drug-likeness (QED) is 0.851. The van der Waals surface area contributed by atoms with Crippen LogP contribution in [0.15, 0.2) is 18.2 Å². The minimum atomic E-state index is -3.21. The van der Waals surface area contributed by atoms with Gasteiger partial charge in [-0.05, 0) is 24.1 Å². The topological polar surface area (TPSA) is 67.4 Å². The van der Waals surface area contributed by atoms with E-state index in [-0.39, 0.29) is 24.4 Å². The molecule has 0 aliphatic carbocycles. The van der Waals surface area contributed by atoms with Gasteiger partial charge in [0.05, 0.1) is 19.0 Å². The van der Waals surface area contributed by atoms with E-state index in [1.54, 1.807) is 0 Å². The normalized spacial score (nSPS) is 22.7. The Hall–Kier alpha value is -0.370. The Morgan fingerprint density at radius 2 is 2.18 bits per heavy atom. The van der Waals surface area contributed by atoms with Crippen molar-refractivity contribution in [1.29, 1.82) is 0 Å². The van der Waals surface area contributed by atoms with E-state index in [9.17, 15) is 8.42 Å². The SMILES string of the molecule is Cc1cc(C2OCCNCC2CNS(C)(=O)=O)ccc1Cl.Cl. The highest BCUT2D eigenvalue weighted by atomic mass is 35.5. The molecule has 0 aromatic heterocycles. The zero-order valence-electron chi connectivity index (χ0n) is 12.6. The van der Waals surface area contributed by atoms with Crippen molar-refractivity contribution in [2.75, 3.05) is 32.5 Å². The van der Waals surface area contributed by atoms with Crippen LogP contribution in [-0.2, 0) is 14.8 Å². The molecule has 5 nitrogen and oxygen atoms in total. The first-order valence-electron chi connectivity index (χ1n) is 6.90. The lowest BCUT2D eigenvalue weighted by atomic mass is 9.94. The first kappa shape index (κ1) is 19.7. The molecule has 1 fully saturated rings. The zero-order chi connectivity index (χ0) is 15.5. The summed E-state index contributed by atoms with van der Waals surface area (Å²) in [5.41, 5.74) is 2.02. The second-order valence-corrected chi connectivity index (χ2v) is 7.63. The van der Waals surface area contributed by atoms with E-state index in [1.165, 1.54) is 6.26 Å². The van der Waals surface area contributed by atoms with Gasteiger partial charge in [0, 0.05) is 30.6 Å². The molecule has 2 N–H and O–H groups in total. The number of sulfonamides is 1. The fourth-order valence-corrected chi connectivity index (χ4v) is 3.07. The lowest BCUT2D eigenvalue weighted by molar-refractivity contribution is 0.0322. The minimum Gasteiger partial charge on any atom is -0.372 e. The molecule has 0 bridgehead atoms. The standard InChI is InChI=1S/C14H21ClN2O3S.ClH/c1-10-7-11(3-4-13(10)15)14-12(8-16-5-6-20-14)9-17-21(2,18)19;/h3-4,7,12,14,16-17H,5-6,8-9H2,1-2H3;1H. The maximum absolute atomic E-state index is 11.3. The molecule has 2 rings (SSSR count). The molecular formula is C14H22Cl2N2O3S. The smallest absolute Gasteiger partial charge is 0.208 e. The van der Waals surface area contributed by atoms with Crippen LogP contribution in [0.25, 0.3) is 0 Å². The summed E-state index contributed by atoms with van der Waals surface area (Å²) >= 11 is 6.06. The number of halogens is 2. The molecule has 126 valence electrons. The number of aryl methyl sites for hydroxylation is 1.